The third-order valence-corrected chi connectivity index (χ3v) is 5.54. The molecule has 0 saturated heterocycles. The van der Waals surface area contributed by atoms with Crippen LogP contribution in [0.4, 0.5) is 5.82 Å². The number of hydrogen-bond acceptors (Lipinski definition) is 5. The van der Waals surface area contributed by atoms with E-state index in [0.29, 0.717) is 33.1 Å². The maximum atomic E-state index is 13.2. The van der Waals surface area contributed by atoms with Crippen LogP contribution in [0.2, 0.25) is 5.02 Å². The van der Waals surface area contributed by atoms with Gasteiger partial charge in [0.15, 0.2) is 11.5 Å². The number of carbonyl (C=O) groups is 1. The predicted octanol–water partition coefficient (Wildman–Crippen LogP) is 3.90. The summed E-state index contributed by atoms with van der Waals surface area (Å²) in [5.41, 5.74) is 4.07. The molecule has 3 aromatic heterocycles. The largest absolute Gasteiger partial charge is 0.497 e. The van der Waals surface area contributed by atoms with Gasteiger partial charge in [0.05, 0.1) is 35.1 Å². The molecule has 1 aromatic carbocycles. The molecule has 4 aromatic rings. The minimum Gasteiger partial charge on any atom is -0.497 e. The second-order valence-electron chi connectivity index (χ2n) is 7.02. The number of ether oxygens (including phenoxy) is 1. The van der Waals surface area contributed by atoms with E-state index < -0.39 is 0 Å². The molecule has 4 rings (SSSR count). The zero-order chi connectivity index (χ0) is 21.6. The van der Waals surface area contributed by atoms with Gasteiger partial charge in [0.25, 0.3) is 5.91 Å². The number of hydrogen-bond donors (Lipinski definition) is 1. The van der Waals surface area contributed by atoms with E-state index in [0.717, 1.165) is 22.7 Å². The third kappa shape index (κ3) is 3.29. The summed E-state index contributed by atoms with van der Waals surface area (Å²) in [6.45, 7) is 3.69. The van der Waals surface area contributed by atoms with E-state index in [4.69, 9.17) is 21.3 Å². The Morgan fingerprint density at radius 3 is 2.40 bits per heavy atom. The van der Waals surface area contributed by atoms with E-state index in [1.165, 1.54) is 0 Å². The summed E-state index contributed by atoms with van der Waals surface area (Å²) < 4.78 is 8.53. The van der Waals surface area contributed by atoms with Crippen LogP contribution < -0.4 is 10.1 Å². The number of benzene rings is 1. The lowest BCUT2D eigenvalue weighted by Crippen LogP contribution is -2.14. The van der Waals surface area contributed by atoms with Gasteiger partial charge in [0, 0.05) is 19.7 Å². The lowest BCUT2D eigenvalue weighted by Gasteiger charge is -2.09. The summed E-state index contributed by atoms with van der Waals surface area (Å²) in [5.74, 6) is 0.738. The molecule has 30 heavy (non-hydrogen) atoms. The second kappa shape index (κ2) is 7.46. The molecular weight excluding hydrogens is 404 g/mol. The highest BCUT2D eigenvalue weighted by molar-refractivity contribution is 6.34. The van der Waals surface area contributed by atoms with Crippen LogP contribution in [0.15, 0.2) is 30.3 Å². The van der Waals surface area contributed by atoms with Gasteiger partial charge in [-0.05, 0) is 44.2 Å². The molecule has 0 aliphatic heterocycles. The van der Waals surface area contributed by atoms with E-state index in [-0.39, 0.29) is 5.91 Å². The number of fused-ring (bicyclic) bond motifs is 1. The quantitative estimate of drug-likeness (QED) is 0.536. The van der Waals surface area contributed by atoms with Crippen LogP contribution in [-0.2, 0) is 14.1 Å². The SMILES string of the molecule is COc1ccc(-c2cc(C(=O)Nc3nn(C)c(C)c3Cl)c3c(C)nn(C)c3n2)cc1. The number of aromatic nitrogens is 5. The molecule has 154 valence electrons. The molecule has 0 aliphatic rings. The maximum absolute atomic E-state index is 13.2. The van der Waals surface area contributed by atoms with Crippen molar-refractivity contribution < 1.29 is 9.53 Å². The number of amides is 1. The summed E-state index contributed by atoms with van der Waals surface area (Å²) in [6.07, 6.45) is 0. The molecule has 1 amide bonds. The van der Waals surface area contributed by atoms with Gasteiger partial charge >= 0.3 is 0 Å². The number of methoxy groups -OCH3 is 1. The van der Waals surface area contributed by atoms with Gasteiger partial charge in [0.2, 0.25) is 0 Å². The van der Waals surface area contributed by atoms with Gasteiger partial charge in [-0.3, -0.25) is 14.2 Å². The standard InChI is InChI=1S/C21H21ClN6O2/c1-11-17-15(21(29)24-19-18(22)12(2)27(3)26-19)10-16(23-20(17)28(4)25-11)13-6-8-14(30-5)9-7-13/h6-10H,1-5H3,(H,24,26,29). The number of anilines is 1. The number of halogens is 1. The number of aryl methyl sites for hydroxylation is 3. The van der Waals surface area contributed by atoms with Crippen LogP contribution in [0, 0.1) is 13.8 Å². The van der Waals surface area contributed by atoms with E-state index in [2.05, 4.69) is 15.5 Å². The van der Waals surface area contributed by atoms with E-state index in [1.807, 2.05) is 38.1 Å². The van der Waals surface area contributed by atoms with Crippen molar-refractivity contribution in [1.82, 2.24) is 24.5 Å². The molecule has 0 saturated carbocycles. The molecule has 1 N–H and O–H groups in total. The number of rotatable bonds is 4. The minimum absolute atomic E-state index is 0.319. The fraction of sp³-hybridized carbons (Fsp3) is 0.238. The Morgan fingerprint density at radius 1 is 1.10 bits per heavy atom. The molecule has 3 heterocycles. The molecule has 0 atom stereocenters. The van der Waals surface area contributed by atoms with Crippen LogP contribution in [-0.4, -0.2) is 37.6 Å². The van der Waals surface area contributed by atoms with Crippen molar-refractivity contribution in [2.75, 3.05) is 12.4 Å². The van der Waals surface area contributed by atoms with Crippen LogP contribution in [0.1, 0.15) is 21.7 Å². The number of nitrogens with one attached hydrogen (secondary N) is 1. The predicted molar refractivity (Wildman–Crippen MR) is 116 cm³/mol. The summed E-state index contributed by atoms with van der Waals surface area (Å²) in [7, 11) is 5.19. The maximum Gasteiger partial charge on any atom is 0.257 e. The molecule has 0 aliphatic carbocycles. The Morgan fingerprint density at radius 2 is 1.80 bits per heavy atom. The van der Waals surface area contributed by atoms with Crippen LogP contribution >= 0.6 is 11.6 Å². The summed E-state index contributed by atoms with van der Waals surface area (Å²) in [5, 5.41) is 12.7. The molecule has 0 radical (unpaired) electrons. The normalized spacial score (nSPS) is 11.1. The van der Waals surface area contributed by atoms with E-state index in [1.54, 1.807) is 36.6 Å². The van der Waals surface area contributed by atoms with Crippen molar-refractivity contribution in [3.8, 4) is 17.0 Å². The highest BCUT2D eigenvalue weighted by atomic mass is 35.5. The summed E-state index contributed by atoms with van der Waals surface area (Å²) in [4.78, 5) is 18.0. The Bertz CT molecular complexity index is 1270. The molecule has 9 heteroatoms. The molecule has 0 bridgehead atoms. The highest BCUT2D eigenvalue weighted by Crippen LogP contribution is 2.30. The average Bonchev–Trinajstić information content (AvgIpc) is 3.17. The van der Waals surface area contributed by atoms with Crippen molar-refractivity contribution in [2.24, 2.45) is 14.1 Å². The van der Waals surface area contributed by atoms with Gasteiger partial charge < -0.3 is 10.1 Å². The first-order chi connectivity index (χ1) is 14.3. The third-order valence-electron chi connectivity index (χ3n) is 5.09. The molecule has 0 unspecified atom stereocenters. The van der Waals surface area contributed by atoms with Gasteiger partial charge in [0.1, 0.15) is 10.8 Å². The van der Waals surface area contributed by atoms with E-state index in [9.17, 15) is 4.79 Å². The van der Waals surface area contributed by atoms with Crippen molar-refractivity contribution in [2.45, 2.75) is 13.8 Å². The average molecular weight is 425 g/mol. The van der Waals surface area contributed by atoms with E-state index >= 15 is 0 Å². The fourth-order valence-electron chi connectivity index (χ4n) is 3.37. The molecular formula is C21H21ClN6O2. The molecule has 0 fully saturated rings. The van der Waals surface area contributed by atoms with Crippen LogP contribution in [0.5, 0.6) is 5.75 Å². The Labute approximate surface area is 178 Å². The Kier molecular flexibility index (Phi) is 4.95. The first-order valence-corrected chi connectivity index (χ1v) is 9.67. The van der Waals surface area contributed by atoms with Gasteiger partial charge in [-0.2, -0.15) is 10.2 Å². The summed E-state index contributed by atoms with van der Waals surface area (Å²) >= 11 is 6.32. The number of carbonyl (C=O) groups excluding carboxylic acids is 1. The monoisotopic (exact) mass is 424 g/mol. The Balaban J connectivity index is 1.84. The van der Waals surface area contributed by atoms with Gasteiger partial charge in [-0.15, -0.1) is 0 Å². The first-order valence-electron chi connectivity index (χ1n) is 9.29. The van der Waals surface area contributed by atoms with Crippen LogP contribution in [0.25, 0.3) is 22.3 Å². The smallest absolute Gasteiger partial charge is 0.257 e. The minimum atomic E-state index is -0.326. The number of nitrogens with zero attached hydrogens (tertiary/aromatic N) is 5. The number of pyridine rings is 1. The van der Waals surface area contributed by atoms with Crippen molar-refractivity contribution >= 4 is 34.4 Å². The van der Waals surface area contributed by atoms with Crippen molar-refractivity contribution in [1.29, 1.82) is 0 Å². The lowest BCUT2D eigenvalue weighted by atomic mass is 10.0. The van der Waals surface area contributed by atoms with Crippen LogP contribution in [0.3, 0.4) is 0 Å². The fourth-order valence-corrected chi connectivity index (χ4v) is 3.58. The van der Waals surface area contributed by atoms with Gasteiger partial charge in [-0.25, -0.2) is 4.98 Å². The zero-order valence-electron chi connectivity index (χ0n) is 17.3. The second-order valence-corrected chi connectivity index (χ2v) is 7.39. The Hall–Kier alpha value is -3.39. The topological polar surface area (TPSA) is 86.9 Å². The molecule has 8 nitrogen and oxygen atoms in total. The first kappa shape index (κ1) is 19.9. The van der Waals surface area contributed by atoms with Crippen molar-refractivity contribution in [3.05, 3.63) is 52.3 Å². The summed E-state index contributed by atoms with van der Waals surface area (Å²) in [6, 6.07) is 9.27. The highest BCUT2D eigenvalue weighted by Gasteiger charge is 2.21. The van der Waals surface area contributed by atoms with Gasteiger partial charge in [-0.1, -0.05) is 11.6 Å². The zero-order valence-corrected chi connectivity index (χ0v) is 18.1. The van der Waals surface area contributed by atoms with Crippen molar-refractivity contribution in [3.63, 3.8) is 0 Å². The lowest BCUT2D eigenvalue weighted by molar-refractivity contribution is 0.102. The molecule has 0 spiro atoms.